The van der Waals surface area contributed by atoms with Crippen LogP contribution in [0.25, 0.3) is 0 Å². The summed E-state index contributed by atoms with van der Waals surface area (Å²) in [4.78, 5) is 25.6. The highest BCUT2D eigenvalue weighted by molar-refractivity contribution is 6.35. The summed E-state index contributed by atoms with van der Waals surface area (Å²) in [5.41, 5.74) is 0.777. The Bertz CT molecular complexity index is 540. The van der Waals surface area contributed by atoms with Crippen molar-refractivity contribution >= 4 is 11.8 Å². The quantitative estimate of drug-likeness (QED) is 0.555. The van der Waals surface area contributed by atoms with Crippen LogP contribution in [-0.4, -0.2) is 72.3 Å². The lowest BCUT2D eigenvalue weighted by Crippen LogP contribution is -2.45. The summed E-state index contributed by atoms with van der Waals surface area (Å²) in [6, 6.07) is 3.67. The van der Waals surface area contributed by atoms with Gasteiger partial charge >= 0.3 is 11.8 Å². The third-order valence-electron chi connectivity index (χ3n) is 4.05. The number of morpholine rings is 1. The van der Waals surface area contributed by atoms with Crippen molar-refractivity contribution in [3.8, 4) is 0 Å². The van der Waals surface area contributed by atoms with Crippen molar-refractivity contribution in [3.05, 3.63) is 24.0 Å². The van der Waals surface area contributed by atoms with Crippen LogP contribution >= 0.6 is 0 Å². The Labute approximate surface area is 141 Å². The molecule has 0 saturated carbocycles. The number of aryl methyl sites for hydroxylation is 1. The highest BCUT2D eigenvalue weighted by Gasteiger charge is 2.16. The van der Waals surface area contributed by atoms with Gasteiger partial charge in [0.05, 0.1) is 19.3 Å². The minimum Gasteiger partial charge on any atom is -0.387 e. The minimum atomic E-state index is -0.672. The predicted octanol–water partition coefficient (Wildman–Crippen LogP) is -0.987. The molecule has 1 saturated heterocycles. The van der Waals surface area contributed by atoms with Crippen LogP contribution in [0, 0.1) is 0 Å². The van der Waals surface area contributed by atoms with Crippen molar-refractivity contribution in [2.24, 2.45) is 7.05 Å². The molecule has 1 atom stereocenters. The molecule has 24 heavy (non-hydrogen) atoms. The zero-order valence-corrected chi connectivity index (χ0v) is 14.0. The molecule has 1 fully saturated rings. The molecule has 1 unspecified atom stereocenters. The molecule has 1 aromatic rings. The van der Waals surface area contributed by atoms with Crippen molar-refractivity contribution < 1.29 is 19.4 Å². The summed E-state index contributed by atoms with van der Waals surface area (Å²) in [5, 5.41) is 15.2. The second kappa shape index (κ2) is 9.41. The number of aliphatic hydroxyl groups is 1. The standard InChI is InChI=1S/C16H26N4O4/c1-19-7-2-3-13(19)14(21)4-5-17-15(22)16(23)18-6-8-20-9-11-24-12-10-20/h2-3,7,14,21H,4-6,8-12H2,1H3,(H,17,22)(H,18,23). The first kappa shape index (κ1) is 18.4. The topological polar surface area (TPSA) is 95.8 Å². The van der Waals surface area contributed by atoms with E-state index in [0.717, 1.165) is 18.8 Å². The van der Waals surface area contributed by atoms with E-state index in [1.165, 1.54) is 0 Å². The molecule has 0 aromatic carbocycles. The Kier molecular flexibility index (Phi) is 7.23. The minimum absolute atomic E-state index is 0.238. The first-order valence-corrected chi connectivity index (χ1v) is 8.23. The number of rotatable bonds is 7. The van der Waals surface area contributed by atoms with Gasteiger partial charge in [-0.1, -0.05) is 0 Å². The molecule has 0 radical (unpaired) electrons. The molecule has 8 heteroatoms. The third-order valence-corrected chi connectivity index (χ3v) is 4.05. The van der Waals surface area contributed by atoms with Gasteiger partial charge < -0.3 is 25.0 Å². The number of nitrogens with one attached hydrogen (secondary N) is 2. The van der Waals surface area contributed by atoms with E-state index >= 15 is 0 Å². The van der Waals surface area contributed by atoms with E-state index in [0.29, 0.717) is 32.7 Å². The predicted molar refractivity (Wildman–Crippen MR) is 88.3 cm³/mol. The smallest absolute Gasteiger partial charge is 0.309 e. The molecule has 3 N–H and O–H groups in total. The van der Waals surface area contributed by atoms with Gasteiger partial charge in [0.2, 0.25) is 0 Å². The summed E-state index contributed by atoms with van der Waals surface area (Å²) in [7, 11) is 1.85. The fourth-order valence-corrected chi connectivity index (χ4v) is 2.60. The van der Waals surface area contributed by atoms with Gasteiger partial charge in [0.15, 0.2) is 0 Å². The van der Waals surface area contributed by atoms with Gasteiger partial charge in [-0.3, -0.25) is 14.5 Å². The zero-order chi connectivity index (χ0) is 17.4. The monoisotopic (exact) mass is 338 g/mol. The fraction of sp³-hybridized carbons (Fsp3) is 0.625. The number of hydrogen-bond acceptors (Lipinski definition) is 5. The average Bonchev–Trinajstić information content (AvgIpc) is 3.01. The number of aliphatic hydroxyl groups excluding tert-OH is 1. The van der Waals surface area contributed by atoms with Crippen molar-refractivity contribution in [3.63, 3.8) is 0 Å². The normalized spacial score (nSPS) is 16.6. The lowest BCUT2D eigenvalue weighted by Gasteiger charge is -2.26. The second-order valence-electron chi connectivity index (χ2n) is 5.81. The van der Waals surface area contributed by atoms with Crippen LogP contribution in [0.1, 0.15) is 18.2 Å². The molecule has 1 aliphatic heterocycles. The molecule has 1 aromatic heterocycles. The number of ether oxygens (including phenoxy) is 1. The van der Waals surface area contributed by atoms with E-state index < -0.39 is 17.9 Å². The fourth-order valence-electron chi connectivity index (χ4n) is 2.60. The molecule has 2 heterocycles. The van der Waals surface area contributed by atoms with Gasteiger partial charge in [-0.25, -0.2) is 0 Å². The van der Waals surface area contributed by atoms with E-state index in [-0.39, 0.29) is 6.54 Å². The largest absolute Gasteiger partial charge is 0.387 e. The van der Waals surface area contributed by atoms with E-state index in [2.05, 4.69) is 15.5 Å². The maximum absolute atomic E-state index is 11.7. The lowest BCUT2D eigenvalue weighted by atomic mass is 10.2. The molecule has 2 rings (SSSR count). The number of carbonyl (C=O) groups is 2. The van der Waals surface area contributed by atoms with E-state index in [1.54, 1.807) is 0 Å². The van der Waals surface area contributed by atoms with Gasteiger partial charge in [0, 0.05) is 51.7 Å². The first-order valence-electron chi connectivity index (χ1n) is 8.23. The third kappa shape index (κ3) is 5.63. The highest BCUT2D eigenvalue weighted by Crippen LogP contribution is 2.15. The van der Waals surface area contributed by atoms with Crippen molar-refractivity contribution in [2.45, 2.75) is 12.5 Å². The first-order chi connectivity index (χ1) is 11.6. The Balaban J connectivity index is 1.59. The molecule has 1 aliphatic rings. The second-order valence-corrected chi connectivity index (χ2v) is 5.81. The molecule has 134 valence electrons. The van der Waals surface area contributed by atoms with Crippen LogP contribution in [0.2, 0.25) is 0 Å². The lowest BCUT2D eigenvalue weighted by molar-refractivity contribution is -0.139. The van der Waals surface area contributed by atoms with Crippen molar-refractivity contribution in [2.75, 3.05) is 45.9 Å². The molecule has 0 bridgehead atoms. The maximum Gasteiger partial charge on any atom is 0.309 e. The van der Waals surface area contributed by atoms with Gasteiger partial charge in [0.1, 0.15) is 0 Å². The van der Waals surface area contributed by atoms with E-state index in [9.17, 15) is 14.7 Å². The molecular weight excluding hydrogens is 312 g/mol. The van der Waals surface area contributed by atoms with Crippen LogP contribution in [0.4, 0.5) is 0 Å². The Hall–Kier alpha value is -1.90. The molecule has 0 spiro atoms. The van der Waals surface area contributed by atoms with Crippen molar-refractivity contribution in [1.82, 2.24) is 20.1 Å². The maximum atomic E-state index is 11.7. The van der Waals surface area contributed by atoms with Gasteiger partial charge in [-0.05, 0) is 18.6 Å². The van der Waals surface area contributed by atoms with Crippen LogP contribution in [0.3, 0.4) is 0 Å². The Morgan fingerprint density at radius 2 is 1.92 bits per heavy atom. The number of carbonyl (C=O) groups excluding carboxylic acids is 2. The van der Waals surface area contributed by atoms with Gasteiger partial charge in [-0.15, -0.1) is 0 Å². The van der Waals surface area contributed by atoms with Crippen LogP contribution < -0.4 is 10.6 Å². The SMILES string of the molecule is Cn1cccc1C(O)CCNC(=O)C(=O)NCCN1CCOCC1. The zero-order valence-electron chi connectivity index (χ0n) is 14.0. The van der Waals surface area contributed by atoms with E-state index in [4.69, 9.17) is 4.74 Å². The molecule has 8 nitrogen and oxygen atoms in total. The van der Waals surface area contributed by atoms with Crippen molar-refractivity contribution in [1.29, 1.82) is 0 Å². The highest BCUT2D eigenvalue weighted by atomic mass is 16.5. The summed E-state index contributed by atoms with van der Waals surface area (Å²) in [6.07, 6.45) is 1.53. The summed E-state index contributed by atoms with van der Waals surface area (Å²) < 4.78 is 7.07. The Morgan fingerprint density at radius 3 is 2.54 bits per heavy atom. The van der Waals surface area contributed by atoms with Gasteiger partial charge in [-0.2, -0.15) is 0 Å². The molecular formula is C16H26N4O4. The molecule has 2 amide bonds. The van der Waals surface area contributed by atoms with Crippen LogP contribution in [0.5, 0.6) is 0 Å². The van der Waals surface area contributed by atoms with Crippen LogP contribution in [0.15, 0.2) is 18.3 Å². The van der Waals surface area contributed by atoms with Crippen LogP contribution in [-0.2, 0) is 21.4 Å². The summed E-state index contributed by atoms with van der Waals surface area (Å²) >= 11 is 0. The Morgan fingerprint density at radius 1 is 1.25 bits per heavy atom. The number of hydrogen-bond donors (Lipinski definition) is 3. The average molecular weight is 338 g/mol. The van der Waals surface area contributed by atoms with E-state index in [1.807, 2.05) is 29.9 Å². The number of nitrogens with zero attached hydrogens (tertiary/aromatic N) is 2. The number of amides is 2. The summed E-state index contributed by atoms with van der Waals surface area (Å²) in [5.74, 6) is -1.31. The summed E-state index contributed by atoms with van der Waals surface area (Å²) in [6.45, 7) is 4.48. The number of aromatic nitrogens is 1. The molecule has 0 aliphatic carbocycles. The van der Waals surface area contributed by atoms with Gasteiger partial charge in [0.25, 0.3) is 0 Å².